The number of anilines is 1. The van der Waals surface area contributed by atoms with Gasteiger partial charge in [-0.15, -0.1) is 10.2 Å². The molecule has 2 aromatic rings. The topological polar surface area (TPSA) is 92.3 Å². The molecular formula is C13H16N4O3S3. The van der Waals surface area contributed by atoms with Crippen LogP contribution in [0.3, 0.4) is 0 Å². The third-order valence-corrected chi connectivity index (χ3v) is 6.71. The molecule has 1 aromatic heterocycles. The third-order valence-electron chi connectivity index (χ3n) is 2.90. The predicted molar refractivity (Wildman–Crippen MR) is 91.3 cm³/mol. The number of amides is 1. The lowest BCUT2D eigenvalue weighted by Crippen LogP contribution is -2.23. The standard InChI is InChI=1S/C13H16N4O3S3/c1-9-4-5-10(6-11(9)23(19,20)17(2)3)15-12(18)7-21-13-16-14-8-22-13/h4-6,8H,7H2,1-3H3,(H,15,18). The molecule has 0 saturated carbocycles. The Kier molecular flexibility index (Phi) is 5.74. The molecule has 0 spiro atoms. The largest absolute Gasteiger partial charge is 0.325 e. The summed E-state index contributed by atoms with van der Waals surface area (Å²) in [6.45, 7) is 1.72. The van der Waals surface area contributed by atoms with Gasteiger partial charge in [-0.25, -0.2) is 12.7 Å². The van der Waals surface area contributed by atoms with E-state index < -0.39 is 10.0 Å². The normalized spacial score (nSPS) is 11.7. The summed E-state index contributed by atoms with van der Waals surface area (Å²) >= 11 is 2.64. The van der Waals surface area contributed by atoms with Gasteiger partial charge in [0.25, 0.3) is 0 Å². The third kappa shape index (κ3) is 4.50. The van der Waals surface area contributed by atoms with E-state index in [4.69, 9.17) is 0 Å². The Hall–Kier alpha value is -1.49. The van der Waals surface area contributed by atoms with Gasteiger partial charge in [-0.3, -0.25) is 4.79 Å². The first-order valence-electron chi connectivity index (χ1n) is 6.52. The van der Waals surface area contributed by atoms with Crippen molar-refractivity contribution in [1.82, 2.24) is 14.5 Å². The first kappa shape index (κ1) is 17.9. The number of carbonyl (C=O) groups excluding carboxylic acids is 1. The maximum Gasteiger partial charge on any atom is 0.242 e. The van der Waals surface area contributed by atoms with Crippen LogP contribution in [0.25, 0.3) is 0 Å². The molecule has 0 aliphatic heterocycles. The number of benzene rings is 1. The minimum atomic E-state index is -3.55. The van der Waals surface area contributed by atoms with Crippen LogP contribution in [0.4, 0.5) is 5.69 Å². The van der Waals surface area contributed by atoms with Crippen LogP contribution in [0.5, 0.6) is 0 Å². The van der Waals surface area contributed by atoms with Crippen LogP contribution in [-0.2, 0) is 14.8 Å². The van der Waals surface area contributed by atoms with Gasteiger partial charge in [0, 0.05) is 19.8 Å². The number of nitrogens with zero attached hydrogens (tertiary/aromatic N) is 3. The molecule has 0 saturated heterocycles. The van der Waals surface area contributed by atoms with Gasteiger partial charge in [0.05, 0.1) is 10.6 Å². The molecule has 0 bridgehead atoms. The minimum Gasteiger partial charge on any atom is -0.325 e. The van der Waals surface area contributed by atoms with Crippen molar-refractivity contribution in [3.63, 3.8) is 0 Å². The lowest BCUT2D eigenvalue weighted by Gasteiger charge is -2.15. The first-order chi connectivity index (χ1) is 10.8. The van der Waals surface area contributed by atoms with Crippen LogP contribution < -0.4 is 5.32 Å². The van der Waals surface area contributed by atoms with Crippen molar-refractivity contribution in [3.8, 4) is 0 Å². The van der Waals surface area contributed by atoms with Crippen LogP contribution in [0.15, 0.2) is 32.9 Å². The first-order valence-corrected chi connectivity index (χ1v) is 9.83. The fraction of sp³-hybridized carbons (Fsp3) is 0.308. The van der Waals surface area contributed by atoms with Gasteiger partial charge < -0.3 is 5.32 Å². The van der Waals surface area contributed by atoms with E-state index >= 15 is 0 Å². The summed E-state index contributed by atoms with van der Waals surface area (Å²) in [7, 11) is -0.611. The highest BCUT2D eigenvalue weighted by molar-refractivity contribution is 8.01. The average Bonchev–Trinajstić information content (AvgIpc) is 3.00. The van der Waals surface area contributed by atoms with Crippen molar-refractivity contribution in [3.05, 3.63) is 29.3 Å². The van der Waals surface area contributed by atoms with E-state index in [1.165, 1.54) is 43.3 Å². The SMILES string of the molecule is Cc1ccc(NC(=O)CSc2nncs2)cc1S(=O)(=O)N(C)C. The second-order valence-electron chi connectivity index (χ2n) is 4.81. The summed E-state index contributed by atoms with van der Waals surface area (Å²) in [6.07, 6.45) is 0. The Morgan fingerprint density at radius 3 is 2.74 bits per heavy atom. The van der Waals surface area contributed by atoms with E-state index in [0.717, 1.165) is 4.31 Å². The second-order valence-corrected chi connectivity index (χ2v) is 8.99. The zero-order valence-corrected chi connectivity index (χ0v) is 15.3. The summed E-state index contributed by atoms with van der Waals surface area (Å²) in [5.74, 6) is -0.0546. The summed E-state index contributed by atoms with van der Waals surface area (Å²) in [4.78, 5) is 12.1. The monoisotopic (exact) mass is 372 g/mol. The quantitative estimate of drug-likeness (QED) is 0.778. The number of hydrogen-bond acceptors (Lipinski definition) is 7. The Morgan fingerprint density at radius 1 is 1.39 bits per heavy atom. The van der Waals surface area contributed by atoms with Crippen molar-refractivity contribution in [1.29, 1.82) is 0 Å². The molecular weight excluding hydrogens is 356 g/mol. The molecule has 1 amide bonds. The molecule has 10 heteroatoms. The summed E-state index contributed by atoms with van der Waals surface area (Å²) < 4.78 is 26.4. The van der Waals surface area contributed by atoms with Crippen LogP contribution in [0.1, 0.15) is 5.56 Å². The number of aromatic nitrogens is 2. The van der Waals surface area contributed by atoms with E-state index in [0.29, 0.717) is 15.6 Å². The molecule has 0 atom stereocenters. The zero-order valence-electron chi connectivity index (χ0n) is 12.8. The minimum absolute atomic E-state index is 0.178. The number of aryl methyl sites for hydroxylation is 1. The zero-order chi connectivity index (χ0) is 17.0. The summed E-state index contributed by atoms with van der Waals surface area (Å²) in [5.41, 5.74) is 2.66. The Bertz CT molecular complexity index is 789. The number of hydrogen-bond donors (Lipinski definition) is 1. The van der Waals surface area contributed by atoms with Crippen molar-refractivity contribution < 1.29 is 13.2 Å². The number of nitrogens with one attached hydrogen (secondary N) is 1. The van der Waals surface area contributed by atoms with Crippen LogP contribution >= 0.6 is 23.1 Å². The van der Waals surface area contributed by atoms with Crippen molar-refractivity contribution in [2.24, 2.45) is 0 Å². The van der Waals surface area contributed by atoms with Crippen molar-refractivity contribution in [2.75, 3.05) is 25.2 Å². The molecule has 2 rings (SSSR count). The average molecular weight is 372 g/mol. The molecule has 1 aromatic carbocycles. The van der Waals surface area contributed by atoms with E-state index in [1.54, 1.807) is 24.6 Å². The smallest absolute Gasteiger partial charge is 0.242 e. The molecule has 1 heterocycles. The Balaban J connectivity index is 2.10. The highest BCUT2D eigenvalue weighted by Gasteiger charge is 2.20. The van der Waals surface area contributed by atoms with Crippen molar-refractivity contribution in [2.45, 2.75) is 16.2 Å². The fourth-order valence-electron chi connectivity index (χ4n) is 1.70. The number of rotatable bonds is 6. The van der Waals surface area contributed by atoms with E-state index in [9.17, 15) is 13.2 Å². The fourth-order valence-corrected chi connectivity index (χ4v) is 4.14. The number of carbonyl (C=O) groups is 1. The molecule has 23 heavy (non-hydrogen) atoms. The van der Waals surface area contributed by atoms with Gasteiger partial charge in [0.2, 0.25) is 15.9 Å². The number of sulfonamides is 1. The van der Waals surface area contributed by atoms with Crippen LogP contribution in [0, 0.1) is 6.92 Å². The Morgan fingerprint density at radius 2 is 2.13 bits per heavy atom. The maximum absolute atomic E-state index is 12.3. The molecule has 0 aliphatic carbocycles. The molecule has 1 N–H and O–H groups in total. The van der Waals surface area contributed by atoms with Gasteiger partial charge in [0.15, 0.2) is 4.34 Å². The molecule has 7 nitrogen and oxygen atoms in total. The van der Waals surface area contributed by atoms with Gasteiger partial charge >= 0.3 is 0 Å². The van der Waals surface area contributed by atoms with Gasteiger partial charge in [-0.2, -0.15) is 0 Å². The molecule has 0 radical (unpaired) electrons. The molecule has 0 aliphatic rings. The predicted octanol–water partition coefficient (Wildman–Crippen LogP) is 1.83. The number of thioether (sulfide) groups is 1. The molecule has 0 fully saturated rings. The summed E-state index contributed by atoms with van der Waals surface area (Å²) in [6, 6.07) is 4.82. The molecule has 0 unspecified atom stereocenters. The lowest BCUT2D eigenvalue weighted by atomic mass is 10.2. The van der Waals surface area contributed by atoms with Gasteiger partial charge in [-0.05, 0) is 24.6 Å². The van der Waals surface area contributed by atoms with Crippen LogP contribution in [-0.4, -0.2) is 48.7 Å². The molecule has 124 valence electrons. The van der Waals surface area contributed by atoms with Gasteiger partial charge in [-0.1, -0.05) is 29.2 Å². The summed E-state index contributed by atoms with van der Waals surface area (Å²) in [5, 5.41) is 10.2. The van der Waals surface area contributed by atoms with Gasteiger partial charge in [0.1, 0.15) is 5.51 Å². The lowest BCUT2D eigenvalue weighted by molar-refractivity contribution is -0.113. The van der Waals surface area contributed by atoms with E-state index in [2.05, 4.69) is 15.5 Å². The maximum atomic E-state index is 12.3. The van der Waals surface area contributed by atoms with Crippen molar-refractivity contribution >= 4 is 44.7 Å². The Labute approximate surface area is 143 Å². The van der Waals surface area contributed by atoms with E-state index in [1.807, 2.05) is 0 Å². The highest BCUT2D eigenvalue weighted by Crippen LogP contribution is 2.23. The van der Waals surface area contributed by atoms with Crippen LogP contribution in [0.2, 0.25) is 0 Å². The second kappa shape index (κ2) is 7.39. The highest BCUT2D eigenvalue weighted by atomic mass is 32.2. The van der Waals surface area contributed by atoms with E-state index in [-0.39, 0.29) is 16.6 Å².